The van der Waals surface area contributed by atoms with E-state index in [4.69, 9.17) is 16.2 Å². The Hall–Kier alpha value is -2.46. The highest BCUT2D eigenvalue weighted by Crippen LogP contribution is 2.46. The fourth-order valence-electron chi connectivity index (χ4n) is 3.96. The fourth-order valence-corrected chi connectivity index (χ4v) is 7.33. The molecule has 0 bridgehead atoms. The predicted octanol–water partition coefficient (Wildman–Crippen LogP) is 2.83. The van der Waals surface area contributed by atoms with Crippen LogP contribution in [0.5, 0.6) is 0 Å². The number of hydrogen-bond acceptors (Lipinski definition) is 10. The van der Waals surface area contributed by atoms with E-state index in [1.807, 2.05) is 70.1 Å². The second kappa shape index (κ2) is 11.5. The lowest BCUT2D eigenvalue weighted by molar-refractivity contribution is -0.668. The number of benzene rings is 2. The Kier molecular flexibility index (Phi) is 8.58. The van der Waals surface area contributed by atoms with Gasteiger partial charge in [0.05, 0.1) is 22.2 Å². The second-order valence-corrected chi connectivity index (χ2v) is 13.7. The average Bonchev–Trinajstić information content (AvgIpc) is 3.36. The Labute approximate surface area is 224 Å². The van der Waals surface area contributed by atoms with Crippen molar-refractivity contribution < 1.29 is 30.2 Å². The van der Waals surface area contributed by atoms with Crippen molar-refractivity contribution in [3.8, 4) is 0 Å². The van der Waals surface area contributed by atoms with Gasteiger partial charge in [-0.1, -0.05) is 47.4 Å². The zero-order valence-corrected chi connectivity index (χ0v) is 23.0. The molecule has 2 heterocycles. The van der Waals surface area contributed by atoms with Gasteiger partial charge in [-0.25, -0.2) is 0 Å². The van der Waals surface area contributed by atoms with Crippen molar-refractivity contribution in [1.29, 1.82) is 0 Å². The van der Waals surface area contributed by atoms with Crippen LogP contribution in [-0.2, 0) is 31.1 Å². The predicted molar refractivity (Wildman–Crippen MR) is 147 cm³/mol. The highest BCUT2D eigenvalue weighted by molar-refractivity contribution is 8.03. The zero-order valence-electron chi connectivity index (χ0n) is 19.7. The molecule has 0 spiro atoms. The molecule has 5 N–H and O–H groups in total. The first-order valence-corrected chi connectivity index (χ1v) is 16.1. The van der Waals surface area contributed by atoms with E-state index in [0.717, 1.165) is 30.8 Å². The number of hydrogen-bond donors (Lipinski definition) is 3. The van der Waals surface area contributed by atoms with Crippen molar-refractivity contribution in [1.82, 2.24) is 0 Å². The molecule has 0 fully saturated rings. The number of allylic oxidation sites excluding steroid dienone is 1. The van der Waals surface area contributed by atoms with E-state index in [1.54, 1.807) is 0 Å². The minimum atomic E-state index is -4.05. The molecule has 1 aliphatic rings. The Balaban J connectivity index is 1.62. The number of aromatic nitrogens is 1. The quantitative estimate of drug-likeness (QED) is 0.174. The van der Waals surface area contributed by atoms with Crippen LogP contribution in [0.25, 0.3) is 16.3 Å². The largest absolute Gasteiger partial charge is 0.398 e. The minimum absolute atomic E-state index is 0.212. The summed E-state index contributed by atoms with van der Waals surface area (Å²) in [7, 11) is -7.82. The van der Waals surface area contributed by atoms with Crippen LogP contribution in [0.1, 0.15) is 17.8 Å². The van der Waals surface area contributed by atoms with Crippen LogP contribution in [0, 0.1) is 0 Å². The van der Waals surface area contributed by atoms with Crippen LogP contribution in [0.3, 0.4) is 0 Å². The van der Waals surface area contributed by atoms with E-state index in [2.05, 4.69) is 4.28 Å². The molecule has 0 radical (unpaired) electrons. The van der Waals surface area contributed by atoms with Gasteiger partial charge in [0.15, 0.2) is 6.54 Å². The summed E-state index contributed by atoms with van der Waals surface area (Å²) >= 11 is 3.06. The average molecular weight is 584 g/mol. The van der Waals surface area contributed by atoms with Crippen molar-refractivity contribution in [2.24, 2.45) is 11.6 Å². The molecule has 4 rings (SSSR count). The van der Waals surface area contributed by atoms with Crippen molar-refractivity contribution in [3.05, 3.63) is 70.3 Å². The zero-order chi connectivity index (χ0) is 26.6. The van der Waals surface area contributed by atoms with Crippen molar-refractivity contribution >= 4 is 65.3 Å². The van der Waals surface area contributed by atoms with Gasteiger partial charge in [0.1, 0.15) is 4.70 Å². The molecule has 2 aromatic carbocycles. The number of para-hydroxylation sites is 2. The molecular formula is C23H27N4O6S4+. The lowest BCUT2D eigenvalue weighted by Crippen LogP contribution is -2.36. The van der Waals surface area contributed by atoms with Crippen LogP contribution in [0.4, 0.5) is 5.69 Å². The lowest BCUT2D eigenvalue weighted by Gasteiger charge is -2.20. The maximum absolute atomic E-state index is 11.7. The topological polar surface area (TPSA) is 157 Å². The number of nitrogens with zero attached hydrogens (tertiary/aromatic N) is 2. The number of rotatable bonds is 11. The summed E-state index contributed by atoms with van der Waals surface area (Å²) in [4.78, 5) is 3.04. The lowest BCUT2D eigenvalue weighted by atomic mass is 10.2. The van der Waals surface area contributed by atoms with Gasteiger partial charge in [0.25, 0.3) is 25.2 Å². The van der Waals surface area contributed by atoms with Crippen molar-refractivity contribution in [2.45, 2.75) is 24.3 Å². The van der Waals surface area contributed by atoms with E-state index >= 15 is 0 Å². The highest BCUT2D eigenvalue weighted by Gasteiger charge is 2.26. The monoisotopic (exact) mass is 583 g/mol. The summed E-state index contributed by atoms with van der Waals surface area (Å²) in [6.45, 7) is 0.813. The summed E-state index contributed by atoms with van der Waals surface area (Å²) in [5.41, 5.74) is 8.84. The van der Waals surface area contributed by atoms with Crippen molar-refractivity contribution in [3.63, 3.8) is 0 Å². The minimum Gasteiger partial charge on any atom is -0.398 e. The van der Waals surface area contributed by atoms with Gasteiger partial charge in [-0.3, -0.25) is 4.55 Å². The van der Waals surface area contributed by atoms with E-state index < -0.39 is 20.2 Å². The normalized spacial score (nSPS) is 15.6. The van der Waals surface area contributed by atoms with Crippen LogP contribution in [0.2, 0.25) is 0 Å². The highest BCUT2D eigenvalue weighted by atomic mass is 32.2. The molecule has 3 aromatic rings. The molecule has 37 heavy (non-hydrogen) atoms. The first-order chi connectivity index (χ1) is 17.6. The molecule has 10 nitrogen and oxygen atoms in total. The Bertz CT molecular complexity index is 1560. The van der Waals surface area contributed by atoms with Gasteiger partial charge in [-0.15, -0.1) is 0 Å². The second-order valence-electron chi connectivity index (χ2n) is 8.26. The van der Waals surface area contributed by atoms with Gasteiger partial charge in [-0.05, 0) is 30.7 Å². The Morgan fingerprint density at radius 1 is 1.05 bits per heavy atom. The molecule has 0 saturated carbocycles. The summed E-state index contributed by atoms with van der Waals surface area (Å²) in [6, 6.07) is 15.6. The maximum atomic E-state index is 11.7. The number of thiazole rings is 1. The summed E-state index contributed by atoms with van der Waals surface area (Å²) < 4.78 is 61.9. The van der Waals surface area contributed by atoms with Crippen LogP contribution >= 0.6 is 23.1 Å². The number of anilines is 1. The third kappa shape index (κ3) is 7.10. The van der Waals surface area contributed by atoms with E-state index in [-0.39, 0.29) is 17.9 Å². The van der Waals surface area contributed by atoms with Gasteiger partial charge < -0.3 is 10.6 Å². The van der Waals surface area contributed by atoms with Crippen LogP contribution < -0.4 is 21.1 Å². The van der Waals surface area contributed by atoms with E-state index in [0.29, 0.717) is 25.2 Å². The third-order valence-electron chi connectivity index (χ3n) is 5.56. The standard InChI is InChI=1S/C23H26N4O6S4/c24-17(15-22-26(11-5-13-36(28,29)30)18-7-1-3-9-20(18)34-22)16-23-27(12-6-14-37(31,32)33-25)19-8-2-4-10-21(19)35-23/h1-4,7-10,15-16,24H,5-6,11-14,25H2,(H,28,29,30)/p+1/b23-16-. The summed E-state index contributed by atoms with van der Waals surface area (Å²) in [5.74, 6) is 4.31. The maximum Gasteiger partial charge on any atom is 0.283 e. The first-order valence-electron chi connectivity index (χ1n) is 11.3. The molecule has 0 saturated heterocycles. The number of nitrogens with two attached hydrogens (primary N) is 2. The molecular weight excluding hydrogens is 557 g/mol. The number of thioether (sulfide) groups is 1. The SMILES string of the molecule is NOS(=O)(=O)CCCN1/C(=C/C(N)=C/c2sc3ccccc3[n+]2CCCS(=O)(=O)O)Sc2ccccc21. The van der Waals surface area contributed by atoms with E-state index in [1.165, 1.54) is 23.1 Å². The fraction of sp³-hybridized carbons (Fsp3) is 0.261. The Morgan fingerprint density at radius 3 is 2.54 bits per heavy atom. The Morgan fingerprint density at radius 2 is 1.78 bits per heavy atom. The van der Waals surface area contributed by atoms with Crippen molar-refractivity contribution in [2.75, 3.05) is 23.0 Å². The summed E-state index contributed by atoms with van der Waals surface area (Å²) in [6.07, 6.45) is 4.23. The number of aryl methyl sites for hydroxylation is 1. The van der Waals surface area contributed by atoms with Crippen LogP contribution in [0.15, 0.2) is 70.2 Å². The van der Waals surface area contributed by atoms with E-state index in [9.17, 15) is 16.8 Å². The molecule has 198 valence electrons. The molecule has 0 atom stereocenters. The number of fused-ring (bicyclic) bond motifs is 2. The van der Waals surface area contributed by atoms with Gasteiger partial charge in [0, 0.05) is 35.7 Å². The van der Waals surface area contributed by atoms with Gasteiger partial charge >= 0.3 is 0 Å². The molecule has 0 unspecified atom stereocenters. The molecule has 0 amide bonds. The van der Waals surface area contributed by atoms with Crippen LogP contribution in [-0.4, -0.2) is 39.4 Å². The molecule has 1 aliphatic heterocycles. The molecule has 0 aliphatic carbocycles. The molecule has 14 heteroatoms. The summed E-state index contributed by atoms with van der Waals surface area (Å²) in [5, 5.41) is 1.68. The first kappa shape index (κ1) is 27.6. The third-order valence-corrected chi connectivity index (χ3v) is 9.67. The smallest absolute Gasteiger partial charge is 0.283 e. The molecule has 1 aromatic heterocycles. The van der Waals surface area contributed by atoms with Gasteiger partial charge in [0.2, 0.25) is 5.52 Å². The van der Waals surface area contributed by atoms with Gasteiger partial charge in [-0.2, -0.15) is 31.6 Å².